The molecule has 2 aromatic heterocycles. The van der Waals surface area contributed by atoms with Crippen LogP contribution in [0.4, 0.5) is 0 Å². The predicted molar refractivity (Wildman–Crippen MR) is 76.7 cm³/mol. The fraction of sp³-hybridized carbons (Fsp3) is 0.143. The largest absolute Gasteiger partial charge is 0.493 e. The number of benzene rings is 1. The smallest absolute Gasteiger partial charge is 0.258 e. The van der Waals surface area contributed by atoms with E-state index < -0.39 is 0 Å². The summed E-state index contributed by atoms with van der Waals surface area (Å²) in [6.07, 6.45) is 0.457. The molecular formula is C14H12N2O2S. The van der Waals surface area contributed by atoms with E-state index in [2.05, 4.69) is 9.97 Å². The molecule has 96 valence electrons. The first-order valence-corrected chi connectivity index (χ1v) is 6.87. The third-order valence-electron chi connectivity index (χ3n) is 3.08. The summed E-state index contributed by atoms with van der Waals surface area (Å²) in [7, 11) is 0. The van der Waals surface area contributed by atoms with Gasteiger partial charge >= 0.3 is 0 Å². The van der Waals surface area contributed by atoms with Gasteiger partial charge in [0.25, 0.3) is 5.56 Å². The zero-order valence-corrected chi connectivity index (χ0v) is 11.1. The number of H-pyrrole nitrogens is 1. The summed E-state index contributed by atoms with van der Waals surface area (Å²) in [5, 5.41) is 12.8. The molecule has 0 aliphatic rings. The third kappa shape index (κ3) is 1.92. The number of hydrogen-bond donors (Lipinski definition) is 2. The van der Waals surface area contributed by atoms with Gasteiger partial charge in [0.1, 0.15) is 5.82 Å². The van der Waals surface area contributed by atoms with Gasteiger partial charge in [0.2, 0.25) is 5.88 Å². The highest BCUT2D eigenvalue weighted by Crippen LogP contribution is 2.32. The van der Waals surface area contributed by atoms with Gasteiger partial charge in [0, 0.05) is 21.0 Å². The summed E-state index contributed by atoms with van der Waals surface area (Å²) in [5.41, 5.74) is 0.888. The average Bonchev–Trinajstić information content (AvgIpc) is 2.82. The highest BCUT2D eigenvalue weighted by molar-refractivity contribution is 7.17. The first-order chi connectivity index (χ1) is 9.20. The number of aromatic nitrogens is 2. The van der Waals surface area contributed by atoms with Crippen LogP contribution >= 0.6 is 11.3 Å². The van der Waals surface area contributed by atoms with Gasteiger partial charge in [-0.05, 0) is 12.5 Å². The molecule has 0 saturated heterocycles. The first-order valence-electron chi connectivity index (χ1n) is 5.99. The second-order valence-corrected chi connectivity index (χ2v) is 5.13. The molecule has 3 rings (SSSR count). The minimum absolute atomic E-state index is 0.184. The summed E-state index contributed by atoms with van der Waals surface area (Å²) in [6, 6.07) is 7.90. The zero-order chi connectivity index (χ0) is 13.4. The Hall–Kier alpha value is -2.14. The maximum atomic E-state index is 11.9. The van der Waals surface area contributed by atoms with Gasteiger partial charge in [-0.15, -0.1) is 11.3 Å². The van der Waals surface area contributed by atoms with E-state index in [0.29, 0.717) is 17.8 Å². The SMILES string of the molecule is CCc1c(O)nc(-c2csc3ccccc23)[nH]c1=O. The monoisotopic (exact) mass is 272 g/mol. The van der Waals surface area contributed by atoms with Crippen LogP contribution in [0, 0.1) is 0 Å². The van der Waals surface area contributed by atoms with Crippen molar-refractivity contribution in [1.29, 1.82) is 0 Å². The Balaban J connectivity index is 2.25. The van der Waals surface area contributed by atoms with Crippen LogP contribution in [0.2, 0.25) is 0 Å². The minimum Gasteiger partial charge on any atom is -0.493 e. The quantitative estimate of drug-likeness (QED) is 0.753. The van der Waals surface area contributed by atoms with Gasteiger partial charge in [-0.2, -0.15) is 4.98 Å². The van der Waals surface area contributed by atoms with E-state index in [1.807, 2.05) is 36.6 Å². The van der Waals surface area contributed by atoms with Crippen molar-refractivity contribution in [3.8, 4) is 17.3 Å². The Labute approximate surface area is 113 Å². The van der Waals surface area contributed by atoms with Gasteiger partial charge in [0.15, 0.2) is 0 Å². The van der Waals surface area contributed by atoms with Crippen LogP contribution < -0.4 is 5.56 Å². The lowest BCUT2D eigenvalue weighted by Gasteiger charge is -2.03. The predicted octanol–water partition coefficient (Wildman–Crippen LogP) is 2.92. The normalized spacial score (nSPS) is 11.0. The summed E-state index contributed by atoms with van der Waals surface area (Å²) in [6.45, 7) is 1.81. The van der Waals surface area contributed by atoms with Crippen molar-refractivity contribution in [3.63, 3.8) is 0 Å². The number of thiophene rings is 1. The number of hydrogen-bond acceptors (Lipinski definition) is 4. The van der Waals surface area contributed by atoms with E-state index >= 15 is 0 Å². The molecule has 0 bridgehead atoms. The van der Waals surface area contributed by atoms with E-state index in [9.17, 15) is 9.90 Å². The molecule has 0 aliphatic heterocycles. The lowest BCUT2D eigenvalue weighted by molar-refractivity contribution is 0.444. The maximum Gasteiger partial charge on any atom is 0.258 e. The molecule has 3 aromatic rings. The van der Waals surface area contributed by atoms with Crippen LogP contribution in [-0.2, 0) is 6.42 Å². The van der Waals surface area contributed by atoms with Crippen molar-refractivity contribution >= 4 is 21.4 Å². The highest BCUT2D eigenvalue weighted by atomic mass is 32.1. The second kappa shape index (κ2) is 4.51. The topological polar surface area (TPSA) is 66.0 Å². The van der Waals surface area contributed by atoms with E-state index in [-0.39, 0.29) is 11.4 Å². The number of aromatic amines is 1. The van der Waals surface area contributed by atoms with E-state index in [4.69, 9.17) is 0 Å². The second-order valence-electron chi connectivity index (χ2n) is 4.22. The molecule has 0 aliphatic carbocycles. The number of aromatic hydroxyl groups is 1. The molecule has 0 unspecified atom stereocenters. The Bertz CT molecular complexity index is 805. The highest BCUT2D eigenvalue weighted by Gasteiger charge is 2.13. The molecule has 19 heavy (non-hydrogen) atoms. The van der Waals surface area contributed by atoms with Gasteiger partial charge in [-0.25, -0.2) is 0 Å². The number of nitrogens with zero attached hydrogens (tertiary/aromatic N) is 1. The number of fused-ring (bicyclic) bond motifs is 1. The van der Waals surface area contributed by atoms with Gasteiger partial charge in [-0.1, -0.05) is 25.1 Å². The zero-order valence-electron chi connectivity index (χ0n) is 10.3. The lowest BCUT2D eigenvalue weighted by atomic mass is 10.1. The van der Waals surface area contributed by atoms with Crippen LogP contribution in [0.25, 0.3) is 21.5 Å². The average molecular weight is 272 g/mol. The van der Waals surface area contributed by atoms with Crippen molar-refractivity contribution in [2.24, 2.45) is 0 Å². The molecule has 0 saturated carbocycles. The Morgan fingerprint density at radius 2 is 2.16 bits per heavy atom. The summed E-state index contributed by atoms with van der Waals surface area (Å²) in [5.74, 6) is 0.230. The molecule has 5 heteroatoms. The van der Waals surface area contributed by atoms with Gasteiger partial charge in [0.05, 0.1) is 5.56 Å². The molecule has 0 atom stereocenters. The van der Waals surface area contributed by atoms with E-state index in [1.165, 1.54) is 0 Å². The molecule has 0 radical (unpaired) electrons. The fourth-order valence-corrected chi connectivity index (χ4v) is 3.04. The number of nitrogens with one attached hydrogen (secondary N) is 1. The summed E-state index contributed by atoms with van der Waals surface area (Å²) in [4.78, 5) is 18.7. The van der Waals surface area contributed by atoms with Crippen molar-refractivity contribution in [3.05, 3.63) is 45.6 Å². The maximum absolute atomic E-state index is 11.9. The van der Waals surface area contributed by atoms with Crippen molar-refractivity contribution in [2.75, 3.05) is 0 Å². The fourth-order valence-electron chi connectivity index (χ4n) is 2.09. The van der Waals surface area contributed by atoms with E-state index in [0.717, 1.165) is 15.6 Å². The Morgan fingerprint density at radius 3 is 2.89 bits per heavy atom. The Morgan fingerprint density at radius 1 is 1.37 bits per heavy atom. The lowest BCUT2D eigenvalue weighted by Crippen LogP contribution is -2.14. The van der Waals surface area contributed by atoms with Crippen LogP contribution in [-0.4, -0.2) is 15.1 Å². The van der Waals surface area contributed by atoms with Crippen LogP contribution in [0.5, 0.6) is 5.88 Å². The Kier molecular flexibility index (Phi) is 2.83. The first kappa shape index (κ1) is 11.9. The minimum atomic E-state index is -0.278. The molecule has 1 aromatic carbocycles. The van der Waals surface area contributed by atoms with Crippen LogP contribution in [0.3, 0.4) is 0 Å². The standard InChI is InChI=1S/C14H12N2O2S/c1-2-8-13(17)15-12(16-14(8)18)10-7-19-11-6-4-3-5-9(10)11/h3-7H,2H2,1H3,(H2,15,16,17,18). The number of rotatable bonds is 2. The summed E-state index contributed by atoms with van der Waals surface area (Å²) >= 11 is 1.59. The third-order valence-corrected chi connectivity index (χ3v) is 4.05. The molecule has 0 amide bonds. The van der Waals surface area contributed by atoms with Gasteiger partial charge < -0.3 is 10.1 Å². The summed E-state index contributed by atoms with van der Waals surface area (Å²) < 4.78 is 1.12. The van der Waals surface area contributed by atoms with Crippen LogP contribution in [0.15, 0.2) is 34.4 Å². The molecule has 4 nitrogen and oxygen atoms in total. The van der Waals surface area contributed by atoms with Crippen LogP contribution in [0.1, 0.15) is 12.5 Å². The molecule has 2 heterocycles. The van der Waals surface area contributed by atoms with Crippen molar-refractivity contribution in [1.82, 2.24) is 9.97 Å². The molecular weight excluding hydrogens is 260 g/mol. The van der Waals surface area contributed by atoms with Crippen molar-refractivity contribution in [2.45, 2.75) is 13.3 Å². The van der Waals surface area contributed by atoms with E-state index in [1.54, 1.807) is 11.3 Å². The molecule has 0 fully saturated rings. The molecule has 2 N–H and O–H groups in total. The van der Waals surface area contributed by atoms with Crippen molar-refractivity contribution < 1.29 is 5.11 Å². The van der Waals surface area contributed by atoms with Gasteiger partial charge in [-0.3, -0.25) is 4.79 Å². The molecule has 0 spiro atoms.